The number of aromatic nitrogens is 1. The molecule has 0 spiro atoms. The van der Waals surface area contributed by atoms with Gasteiger partial charge in [-0.05, 0) is 61.9 Å². The number of hydrogen-bond acceptors (Lipinski definition) is 4. The van der Waals surface area contributed by atoms with Crippen molar-refractivity contribution in [3.8, 4) is 11.1 Å². The maximum Gasteiger partial charge on any atom is 0.335 e. The molecule has 1 saturated heterocycles. The molecule has 4 rings (SSSR count). The molecule has 0 unspecified atom stereocenters. The second kappa shape index (κ2) is 7.43. The number of nitrogens with zero attached hydrogens (tertiary/aromatic N) is 2. The zero-order valence-corrected chi connectivity index (χ0v) is 17.0. The number of carbonyl (C=O) groups is 1. The van der Waals surface area contributed by atoms with Crippen molar-refractivity contribution in [1.82, 2.24) is 9.47 Å². The van der Waals surface area contributed by atoms with Crippen LogP contribution in [0.3, 0.4) is 0 Å². The van der Waals surface area contributed by atoms with Crippen molar-refractivity contribution >= 4 is 5.97 Å². The first-order valence-corrected chi connectivity index (χ1v) is 10.2. The van der Waals surface area contributed by atoms with E-state index in [9.17, 15) is 14.7 Å². The molecule has 0 aliphatic carbocycles. The topological polar surface area (TPSA) is 82.8 Å². The average molecular weight is 396 g/mol. The molecule has 29 heavy (non-hydrogen) atoms. The minimum absolute atomic E-state index is 0.0134. The van der Waals surface area contributed by atoms with Crippen molar-refractivity contribution in [2.75, 3.05) is 19.6 Å². The van der Waals surface area contributed by atoms with Gasteiger partial charge < -0.3 is 19.7 Å². The molecule has 6 heteroatoms. The normalized spacial score (nSPS) is 21.6. The van der Waals surface area contributed by atoms with Gasteiger partial charge in [-0.2, -0.15) is 0 Å². The number of aromatic carboxylic acids is 1. The van der Waals surface area contributed by atoms with E-state index in [1.165, 1.54) is 0 Å². The van der Waals surface area contributed by atoms with Gasteiger partial charge in [0.15, 0.2) is 0 Å². The number of fused-ring (bicyclic) bond motifs is 4. The van der Waals surface area contributed by atoms with E-state index in [0.717, 1.165) is 55.8 Å². The van der Waals surface area contributed by atoms with E-state index in [-0.39, 0.29) is 11.1 Å². The molecule has 2 aromatic rings. The fourth-order valence-corrected chi connectivity index (χ4v) is 4.64. The number of pyridine rings is 1. The van der Waals surface area contributed by atoms with Crippen LogP contribution in [0.1, 0.15) is 48.7 Å². The molecule has 0 amide bonds. The summed E-state index contributed by atoms with van der Waals surface area (Å²) in [6.07, 6.45) is 1.81. The summed E-state index contributed by atoms with van der Waals surface area (Å²) in [5.74, 6) is -0.196. The van der Waals surface area contributed by atoms with Crippen LogP contribution in [0.4, 0.5) is 0 Å². The van der Waals surface area contributed by atoms with Gasteiger partial charge in [0.2, 0.25) is 0 Å². The van der Waals surface area contributed by atoms with E-state index in [2.05, 4.69) is 11.0 Å². The van der Waals surface area contributed by atoms with Crippen molar-refractivity contribution < 1.29 is 15.0 Å². The number of carboxylic acid groups (broad SMARTS) is 1. The Morgan fingerprint density at radius 1 is 1.10 bits per heavy atom. The Bertz CT molecular complexity index is 972. The SMILES string of the molecule is CC(C)(O)CCN1C[C@@H]2C[C@H](C1)c1cc(-c3ccc(C(=O)O)cc3)cc(=O)n1C2. The highest BCUT2D eigenvalue weighted by Crippen LogP contribution is 2.36. The van der Waals surface area contributed by atoms with E-state index >= 15 is 0 Å². The van der Waals surface area contributed by atoms with E-state index in [1.807, 2.05) is 18.4 Å². The minimum atomic E-state index is -0.957. The summed E-state index contributed by atoms with van der Waals surface area (Å²) >= 11 is 0. The molecule has 6 nitrogen and oxygen atoms in total. The largest absolute Gasteiger partial charge is 0.478 e. The van der Waals surface area contributed by atoms with Crippen LogP contribution in [0.5, 0.6) is 0 Å². The zero-order chi connectivity index (χ0) is 20.8. The first-order chi connectivity index (χ1) is 13.7. The second-order valence-electron chi connectivity index (χ2n) is 9.12. The number of rotatable bonds is 5. The van der Waals surface area contributed by atoms with Crippen molar-refractivity contribution in [2.45, 2.75) is 44.8 Å². The van der Waals surface area contributed by atoms with Crippen LogP contribution in [-0.2, 0) is 6.54 Å². The Labute approximate surface area is 170 Å². The van der Waals surface area contributed by atoms with Gasteiger partial charge in [0.05, 0.1) is 11.2 Å². The smallest absolute Gasteiger partial charge is 0.335 e. The number of likely N-dealkylation sites (tertiary alicyclic amines) is 1. The molecule has 1 aromatic carbocycles. The van der Waals surface area contributed by atoms with Crippen molar-refractivity contribution in [2.24, 2.45) is 5.92 Å². The Hall–Kier alpha value is -2.44. The summed E-state index contributed by atoms with van der Waals surface area (Å²) in [4.78, 5) is 26.3. The summed E-state index contributed by atoms with van der Waals surface area (Å²) in [7, 11) is 0. The molecular formula is C23H28N2O4. The molecule has 2 N–H and O–H groups in total. The predicted molar refractivity (Wildman–Crippen MR) is 111 cm³/mol. The summed E-state index contributed by atoms with van der Waals surface area (Å²) in [5.41, 5.74) is 2.34. The standard InChI is InChI=1S/C23H28N2O4/c1-23(2,29)7-8-24-12-15-9-19(14-24)20-10-18(11-21(26)25(20)13-15)16-3-5-17(6-4-16)22(27)28/h3-6,10-11,15,19,29H,7-9,12-14H2,1-2H3,(H,27,28)/t15-,19+/m0/s1. The lowest BCUT2D eigenvalue weighted by atomic mass is 9.82. The lowest BCUT2D eigenvalue weighted by Gasteiger charge is -2.43. The van der Waals surface area contributed by atoms with Gasteiger partial charge in [0.1, 0.15) is 0 Å². The van der Waals surface area contributed by atoms with E-state index < -0.39 is 11.6 Å². The summed E-state index contributed by atoms with van der Waals surface area (Å²) in [6, 6.07) is 10.4. The van der Waals surface area contributed by atoms with E-state index in [0.29, 0.717) is 11.8 Å². The van der Waals surface area contributed by atoms with E-state index in [1.54, 1.807) is 30.3 Å². The van der Waals surface area contributed by atoms with Gasteiger partial charge in [0.25, 0.3) is 5.56 Å². The first-order valence-electron chi connectivity index (χ1n) is 10.2. The summed E-state index contributed by atoms with van der Waals surface area (Å²) in [5, 5.41) is 19.1. The molecular weight excluding hydrogens is 368 g/mol. The van der Waals surface area contributed by atoms with Crippen LogP contribution in [0.15, 0.2) is 41.2 Å². The quantitative estimate of drug-likeness (QED) is 0.812. The van der Waals surface area contributed by atoms with Gasteiger partial charge in [0, 0.05) is 43.9 Å². The Morgan fingerprint density at radius 3 is 2.48 bits per heavy atom. The number of piperidine rings is 1. The van der Waals surface area contributed by atoms with Crippen molar-refractivity contribution in [1.29, 1.82) is 0 Å². The van der Waals surface area contributed by atoms with Crippen molar-refractivity contribution in [3.05, 3.63) is 58.0 Å². The maximum atomic E-state index is 12.8. The minimum Gasteiger partial charge on any atom is -0.478 e. The fraction of sp³-hybridized carbons (Fsp3) is 0.478. The third kappa shape index (κ3) is 4.28. The monoisotopic (exact) mass is 396 g/mol. The zero-order valence-electron chi connectivity index (χ0n) is 17.0. The Balaban J connectivity index is 1.61. The molecule has 2 aliphatic heterocycles. The molecule has 1 fully saturated rings. The third-order valence-electron chi connectivity index (χ3n) is 6.14. The molecule has 2 atom stereocenters. The number of benzene rings is 1. The molecule has 2 bridgehead atoms. The van der Waals surface area contributed by atoms with Crippen LogP contribution in [0.25, 0.3) is 11.1 Å². The lowest BCUT2D eigenvalue weighted by molar-refractivity contribution is 0.0431. The highest BCUT2D eigenvalue weighted by atomic mass is 16.4. The number of aliphatic hydroxyl groups is 1. The molecule has 2 aliphatic rings. The van der Waals surface area contributed by atoms with Crippen LogP contribution < -0.4 is 5.56 Å². The summed E-state index contributed by atoms with van der Waals surface area (Å²) < 4.78 is 1.92. The van der Waals surface area contributed by atoms with Gasteiger partial charge in [-0.15, -0.1) is 0 Å². The second-order valence-corrected chi connectivity index (χ2v) is 9.12. The molecule has 154 valence electrons. The molecule has 0 radical (unpaired) electrons. The van der Waals surface area contributed by atoms with Gasteiger partial charge in [-0.1, -0.05) is 12.1 Å². The summed E-state index contributed by atoms with van der Waals surface area (Å²) in [6.45, 7) is 7.15. The van der Waals surface area contributed by atoms with Crippen LogP contribution in [0.2, 0.25) is 0 Å². The molecule has 0 saturated carbocycles. The van der Waals surface area contributed by atoms with E-state index in [4.69, 9.17) is 5.11 Å². The van der Waals surface area contributed by atoms with Crippen molar-refractivity contribution in [3.63, 3.8) is 0 Å². The number of carboxylic acids is 1. The fourth-order valence-electron chi connectivity index (χ4n) is 4.64. The van der Waals surface area contributed by atoms with Gasteiger partial charge in [-0.3, -0.25) is 4.79 Å². The Kier molecular flexibility index (Phi) is 5.09. The number of hydrogen-bond donors (Lipinski definition) is 2. The van der Waals surface area contributed by atoms with Gasteiger partial charge >= 0.3 is 5.97 Å². The molecule has 1 aromatic heterocycles. The predicted octanol–water partition coefficient (Wildman–Crippen LogP) is 2.79. The highest BCUT2D eigenvalue weighted by molar-refractivity contribution is 5.88. The average Bonchev–Trinajstić information content (AvgIpc) is 2.66. The highest BCUT2D eigenvalue weighted by Gasteiger charge is 2.35. The first kappa shape index (κ1) is 19.9. The van der Waals surface area contributed by atoms with Crippen LogP contribution in [-0.4, -0.2) is 50.9 Å². The van der Waals surface area contributed by atoms with Crippen LogP contribution in [0, 0.1) is 5.92 Å². The lowest BCUT2D eigenvalue weighted by Crippen LogP contribution is -2.48. The molecule has 3 heterocycles. The van der Waals surface area contributed by atoms with Crippen LogP contribution >= 0.6 is 0 Å². The van der Waals surface area contributed by atoms with Gasteiger partial charge in [-0.25, -0.2) is 4.79 Å². The third-order valence-corrected chi connectivity index (χ3v) is 6.14. The maximum absolute atomic E-state index is 12.8. The Morgan fingerprint density at radius 2 is 1.83 bits per heavy atom.